The van der Waals surface area contributed by atoms with Crippen molar-refractivity contribution in [1.82, 2.24) is 19.6 Å². The van der Waals surface area contributed by atoms with Crippen LogP contribution in [0.3, 0.4) is 0 Å². The van der Waals surface area contributed by atoms with Crippen molar-refractivity contribution in [3.63, 3.8) is 0 Å². The van der Waals surface area contributed by atoms with Crippen molar-refractivity contribution >= 4 is 47.8 Å². The van der Waals surface area contributed by atoms with Gasteiger partial charge in [0.15, 0.2) is 0 Å². The number of allylic oxidation sites excluding steroid dienone is 16. The number of rotatable bonds is 50. The molecular weight excluding hydrogens is 1320 g/mol. The minimum absolute atomic E-state index is 0.0111. The minimum atomic E-state index is -0.419. The third-order valence-electron chi connectivity index (χ3n) is 20.7. The Bertz CT molecular complexity index is 2730. The maximum absolute atomic E-state index is 13.1. The van der Waals surface area contributed by atoms with Crippen LogP contribution < -0.4 is 0 Å². The van der Waals surface area contributed by atoms with Crippen LogP contribution in [-0.4, -0.2) is 199 Å². The van der Waals surface area contributed by atoms with Crippen molar-refractivity contribution < 1.29 is 76.3 Å². The summed E-state index contributed by atoms with van der Waals surface area (Å²) in [5, 5.41) is 0. The summed E-state index contributed by atoms with van der Waals surface area (Å²) >= 11 is 0. The molecule has 0 aromatic carbocycles. The van der Waals surface area contributed by atoms with Gasteiger partial charge in [-0.3, -0.25) is 38.4 Å². The van der Waals surface area contributed by atoms with E-state index in [4.69, 9.17) is 37.9 Å². The lowest BCUT2D eigenvalue weighted by Crippen LogP contribution is -2.47. The summed E-state index contributed by atoms with van der Waals surface area (Å²) in [6.45, 7) is 24.6. The fourth-order valence-electron chi connectivity index (χ4n) is 13.6. The number of carbonyl (C=O) groups is 8. The molecule has 584 valence electrons. The van der Waals surface area contributed by atoms with Crippen LogP contribution in [0.4, 0.5) is 0 Å². The summed E-state index contributed by atoms with van der Waals surface area (Å²) in [5.41, 5.74) is 10.9. The number of hydrogen-bond donors (Lipinski definition) is 0. The van der Waals surface area contributed by atoms with Gasteiger partial charge < -0.3 is 57.5 Å². The number of carbonyl (C=O) groups excluding carboxylic acids is 8. The summed E-state index contributed by atoms with van der Waals surface area (Å²) in [6.07, 6.45) is 39.0. The van der Waals surface area contributed by atoms with Gasteiger partial charge in [-0.25, -0.2) is 0 Å². The summed E-state index contributed by atoms with van der Waals surface area (Å²) in [7, 11) is 0. The molecular formula is C84H132N4O16. The Kier molecular flexibility index (Phi) is 44.5. The van der Waals surface area contributed by atoms with Crippen LogP contribution in [0.25, 0.3) is 0 Å². The molecule has 1 saturated heterocycles. The van der Waals surface area contributed by atoms with E-state index < -0.39 is 23.9 Å². The molecule has 1 fully saturated rings. The molecule has 5 aliphatic rings. The van der Waals surface area contributed by atoms with Crippen molar-refractivity contribution in [2.45, 2.75) is 235 Å². The van der Waals surface area contributed by atoms with E-state index in [2.05, 4.69) is 124 Å². The summed E-state index contributed by atoms with van der Waals surface area (Å²) in [5.74, 6) is -3.51. The van der Waals surface area contributed by atoms with E-state index in [0.29, 0.717) is 65.0 Å². The summed E-state index contributed by atoms with van der Waals surface area (Å²) in [6, 6.07) is 0. The largest absolute Gasteiger partial charge is 0.462 e. The van der Waals surface area contributed by atoms with Gasteiger partial charge in [0.05, 0.1) is 49.4 Å². The third kappa shape index (κ3) is 39.2. The second kappa shape index (κ2) is 52.5. The molecule has 0 radical (unpaired) electrons. The SMILES string of the molecule is CC/C(C)=C/CCC1=CCC(C(=O)OCCOC(=O)CCN(CCCN2CCN(CCCN(CCC(=O)OCCOC(=O)C3CC=C(CCC=C(C)C)CC3)CCC(=O)OCCOC(=O)C3CC=C(CCC=C(C)C)CC3)CC2)CCC(=O)OCCOC(=O)C2CC=C(CC/C=C(\C)CC)CC2)CC1. The Morgan fingerprint density at radius 3 is 0.846 bits per heavy atom. The molecule has 1 aliphatic heterocycles. The van der Waals surface area contributed by atoms with E-state index in [1.54, 1.807) is 0 Å². The van der Waals surface area contributed by atoms with Crippen LogP contribution in [0.15, 0.2) is 93.2 Å². The van der Waals surface area contributed by atoms with Crippen LogP contribution >= 0.6 is 0 Å². The van der Waals surface area contributed by atoms with Gasteiger partial charge in [0.1, 0.15) is 52.9 Å². The molecule has 4 unspecified atom stereocenters. The van der Waals surface area contributed by atoms with E-state index in [1.807, 2.05) is 0 Å². The maximum Gasteiger partial charge on any atom is 0.309 e. The number of nitrogens with zero attached hydrogens (tertiary/aromatic N) is 4. The first kappa shape index (κ1) is 88.2. The maximum atomic E-state index is 13.1. The molecule has 0 aromatic rings. The predicted molar refractivity (Wildman–Crippen MR) is 407 cm³/mol. The number of esters is 8. The average molecular weight is 1450 g/mol. The first-order valence-electron chi connectivity index (χ1n) is 39.7. The topological polar surface area (TPSA) is 223 Å². The quantitative estimate of drug-likeness (QED) is 0.0239. The van der Waals surface area contributed by atoms with Crippen LogP contribution in [0.2, 0.25) is 0 Å². The zero-order valence-corrected chi connectivity index (χ0v) is 65.2. The van der Waals surface area contributed by atoms with E-state index in [9.17, 15) is 38.4 Å². The Morgan fingerprint density at radius 2 is 0.615 bits per heavy atom. The Hall–Kier alpha value is -6.48. The second-order valence-electron chi connectivity index (χ2n) is 29.5. The third-order valence-corrected chi connectivity index (χ3v) is 20.7. The highest BCUT2D eigenvalue weighted by Gasteiger charge is 2.28. The first-order chi connectivity index (χ1) is 50.2. The molecule has 20 nitrogen and oxygen atoms in total. The standard InChI is InChI=1S/C84H132N4O16/c1-9-67(7)19-13-23-71-29-37-75(38-30-71)83(95)103-63-59-99-79(91)43-51-86(52-44-80(92)100-60-64-104-84(96)76-39-31-72(32-40-76)24-14-20-68(8)10-2)46-16-48-88-55-53-87(54-56-88)47-15-45-85(49-41-77(89)97-57-61-101-81(93)73-33-25-69(26-34-73)21-11-17-65(3)4)50-42-78(90)98-58-62-102-82(94)74-35-27-70(28-36-74)22-12-18-66(5)6/h17-20,25,27,29,31,73-76H,9-16,21-24,26,28,30,32-64H2,1-8H3/b67-19+,68-20+. The van der Waals surface area contributed by atoms with Crippen molar-refractivity contribution in [3.8, 4) is 0 Å². The van der Waals surface area contributed by atoms with Crippen LogP contribution in [0.1, 0.15) is 235 Å². The lowest BCUT2D eigenvalue weighted by atomic mass is 9.88. The van der Waals surface area contributed by atoms with Gasteiger partial charge in [-0.1, -0.05) is 107 Å². The lowest BCUT2D eigenvalue weighted by Gasteiger charge is -2.35. The predicted octanol–water partition coefficient (Wildman–Crippen LogP) is 14.6. The number of ether oxygens (including phenoxy) is 8. The fraction of sp³-hybridized carbons (Fsp3) is 0.714. The van der Waals surface area contributed by atoms with E-state index in [0.717, 1.165) is 168 Å². The highest BCUT2D eigenvalue weighted by molar-refractivity contribution is 5.75. The summed E-state index contributed by atoms with van der Waals surface area (Å²) in [4.78, 5) is 113. The monoisotopic (exact) mass is 1450 g/mol. The lowest BCUT2D eigenvalue weighted by molar-refractivity contribution is -0.155. The Labute approximate surface area is 624 Å². The van der Waals surface area contributed by atoms with Crippen LogP contribution in [0, 0.1) is 23.7 Å². The van der Waals surface area contributed by atoms with Gasteiger partial charge in [0.2, 0.25) is 0 Å². The van der Waals surface area contributed by atoms with E-state index in [1.165, 1.54) is 44.6 Å². The smallest absolute Gasteiger partial charge is 0.309 e. The van der Waals surface area contributed by atoms with Crippen LogP contribution in [-0.2, 0) is 76.3 Å². The van der Waals surface area contributed by atoms with E-state index in [-0.39, 0.29) is 126 Å². The molecule has 1 heterocycles. The van der Waals surface area contributed by atoms with Gasteiger partial charge in [0, 0.05) is 52.4 Å². The van der Waals surface area contributed by atoms with E-state index >= 15 is 0 Å². The molecule has 4 aliphatic carbocycles. The molecule has 0 saturated carbocycles. The Balaban J connectivity index is 1.04. The molecule has 4 atom stereocenters. The highest BCUT2D eigenvalue weighted by atomic mass is 16.6. The van der Waals surface area contributed by atoms with Crippen LogP contribution in [0.5, 0.6) is 0 Å². The highest BCUT2D eigenvalue weighted by Crippen LogP contribution is 2.31. The molecule has 0 N–H and O–H groups in total. The molecule has 0 amide bonds. The second-order valence-corrected chi connectivity index (χ2v) is 29.5. The van der Waals surface area contributed by atoms with Gasteiger partial charge in [-0.2, -0.15) is 0 Å². The average Bonchev–Trinajstić information content (AvgIpc) is 0.924. The molecule has 104 heavy (non-hydrogen) atoms. The molecule has 0 bridgehead atoms. The number of hydrogen-bond acceptors (Lipinski definition) is 20. The van der Waals surface area contributed by atoms with Gasteiger partial charge >= 0.3 is 47.8 Å². The van der Waals surface area contributed by atoms with Gasteiger partial charge in [0.25, 0.3) is 0 Å². The molecule has 0 spiro atoms. The summed E-state index contributed by atoms with van der Waals surface area (Å²) < 4.78 is 44.2. The molecule has 20 heteroatoms. The van der Waals surface area contributed by atoms with Crippen molar-refractivity contribution in [1.29, 1.82) is 0 Å². The minimum Gasteiger partial charge on any atom is -0.462 e. The van der Waals surface area contributed by atoms with Crippen molar-refractivity contribution in [3.05, 3.63) is 93.2 Å². The van der Waals surface area contributed by atoms with Gasteiger partial charge in [-0.15, -0.1) is 0 Å². The first-order valence-corrected chi connectivity index (χ1v) is 39.7. The van der Waals surface area contributed by atoms with Crippen molar-refractivity contribution in [2.24, 2.45) is 23.7 Å². The normalized spacial score (nSPS) is 19.0. The number of piperazine rings is 1. The zero-order valence-electron chi connectivity index (χ0n) is 65.2. The zero-order chi connectivity index (χ0) is 75.1. The fourth-order valence-corrected chi connectivity index (χ4v) is 13.6. The van der Waals surface area contributed by atoms with Gasteiger partial charge in [-0.05, 0) is 222 Å². The van der Waals surface area contributed by atoms with Crippen molar-refractivity contribution in [2.75, 3.05) is 131 Å². The molecule has 0 aromatic heterocycles. The Morgan fingerprint density at radius 1 is 0.365 bits per heavy atom. The molecule has 5 rings (SSSR count).